The van der Waals surface area contributed by atoms with Crippen molar-refractivity contribution in [2.75, 3.05) is 7.05 Å². The second-order valence-electron chi connectivity index (χ2n) is 2.40. The number of carbonyl (C=O) groups is 2. The molecule has 11 heavy (non-hydrogen) atoms. The van der Waals surface area contributed by atoms with Crippen LogP contribution in [0, 0.1) is 0 Å². The Morgan fingerprint density at radius 2 is 2.27 bits per heavy atom. The average Bonchev–Trinajstić information content (AvgIpc) is 2.14. The second kappa shape index (κ2) is 3.34. The number of carboxylic acid groups (broad SMARTS) is 1. The molecule has 1 atom stereocenters. The standard InChI is InChI=1S/C6H9NO3.H3N/c1-7-4(6(9)10)2-3-5(7)8;/h4H,2-3H2,1H3,(H,9,10);1H3. The van der Waals surface area contributed by atoms with Gasteiger partial charge < -0.3 is 16.2 Å². The summed E-state index contributed by atoms with van der Waals surface area (Å²) in [6.45, 7) is 0. The molecule has 0 bridgehead atoms. The fourth-order valence-corrected chi connectivity index (χ4v) is 1.09. The molecule has 1 fully saturated rings. The van der Waals surface area contributed by atoms with Crippen LogP contribution in [-0.2, 0) is 9.59 Å². The van der Waals surface area contributed by atoms with Gasteiger partial charge in [0.15, 0.2) is 0 Å². The molecule has 1 saturated heterocycles. The lowest BCUT2D eigenvalue weighted by Crippen LogP contribution is -2.34. The Balaban J connectivity index is 0.000001000. The minimum absolute atomic E-state index is 0. The molecule has 0 spiro atoms. The van der Waals surface area contributed by atoms with Gasteiger partial charge in [0, 0.05) is 13.5 Å². The minimum Gasteiger partial charge on any atom is -0.480 e. The molecule has 0 saturated carbocycles. The van der Waals surface area contributed by atoms with E-state index >= 15 is 0 Å². The first-order valence-corrected chi connectivity index (χ1v) is 3.11. The van der Waals surface area contributed by atoms with E-state index in [9.17, 15) is 9.59 Å². The monoisotopic (exact) mass is 160 g/mol. The van der Waals surface area contributed by atoms with Crippen LogP contribution in [0.4, 0.5) is 0 Å². The summed E-state index contributed by atoms with van der Waals surface area (Å²) in [5.41, 5.74) is 0. The van der Waals surface area contributed by atoms with Crippen LogP contribution in [0.25, 0.3) is 0 Å². The zero-order valence-corrected chi connectivity index (χ0v) is 6.41. The number of nitrogens with zero attached hydrogens (tertiary/aromatic N) is 1. The van der Waals surface area contributed by atoms with Gasteiger partial charge in [-0.05, 0) is 6.42 Å². The highest BCUT2D eigenvalue weighted by atomic mass is 16.4. The Morgan fingerprint density at radius 1 is 1.73 bits per heavy atom. The maximum Gasteiger partial charge on any atom is 0.326 e. The van der Waals surface area contributed by atoms with E-state index in [1.165, 1.54) is 11.9 Å². The van der Waals surface area contributed by atoms with E-state index in [4.69, 9.17) is 5.11 Å². The molecule has 1 rings (SSSR count). The number of rotatable bonds is 1. The highest BCUT2D eigenvalue weighted by Crippen LogP contribution is 2.15. The van der Waals surface area contributed by atoms with Crippen molar-refractivity contribution in [1.29, 1.82) is 0 Å². The van der Waals surface area contributed by atoms with Crippen LogP contribution in [-0.4, -0.2) is 35.0 Å². The fraction of sp³-hybridized carbons (Fsp3) is 0.667. The SMILES string of the molecule is CN1C(=O)CCC1C(=O)O.N. The van der Waals surface area contributed by atoms with Gasteiger partial charge in [-0.25, -0.2) is 4.79 Å². The van der Waals surface area contributed by atoms with Gasteiger partial charge in [-0.3, -0.25) is 4.79 Å². The lowest BCUT2D eigenvalue weighted by molar-refractivity contribution is -0.145. The van der Waals surface area contributed by atoms with Crippen molar-refractivity contribution in [2.24, 2.45) is 0 Å². The zero-order valence-electron chi connectivity index (χ0n) is 6.41. The van der Waals surface area contributed by atoms with Gasteiger partial charge in [0.2, 0.25) is 5.91 Å². The smallest absolute Gasteiger partial charge is 0.326 e. The molecule has 5 nitrogen and oxygen atoms in total. The van der Waals surface area contributed by atoms with Crippen LogP contribution >= 0.6 is 0 Å². The van der Waals surface area contributed by atoms with E-state index < -0.39 is 12.0 Å². The molecule has 0 aromatic carbocycles. The van der Waals surface area contributed by atoms with Gasteiger partial charge in [-0.1, -0.05) is 0 Å². The molecular formula is C6H12N2O3. The second-order valence-corrected chi connectivity index (χ2v) is 2.40. The van der Waals surface area contributed by atoms with Crippen LogP contribution < -0.4 is 6.15 Å². The van der Waals surface area contributed by atoms with Crippen LogP contribution in [0.5, 0.6) is 0 Å². The summed E-state index contributed by atoms with van der Waals surface area (Å²) in [5.74, 6) is -0.985. The summed E-state index contributed by atoms with van der Waals surface area (Å²) in [5, 5.41) is 8.51. The largest absolute Gasteiger partial charge is 0.480 e. The van der Waals surface area contributed by atoms with Crippen molar-refractivity contribution >= 4 is 11.9 Å². The first-order chi connectivity index (χ1) is 4.63. The van der Waals surface area contributed by atoms with Crippen molar-refractivity contribution in [3.05, 3.63) is 0 Å². The van der Waals surface area contributed by atoms with Gasteiger partial charge in [0.1, 0.15) is 6.04 Å². The Labute approximate surface area is 64.6 Å². The van der Waals surface area contributed by atoms with E-state index in [0.29, 0.717) is 12.8 Å². The highest BCUT2D eigenvalue weighted by molar-refractivity contribution is 5.87. The molecule has 1 amide bonds. The molecular weight excluding hydrogens is 148 g/mol. The van der Waals surface area contributed by atoms with Crippen molar-refractivity contribution < 1.29 is 14.7 Å². The number of carbonyl (C=O) groups excluding carboxylic acids is 1. The number of likely N-dealkylation sites (tertiary alicyclic amines) is 1. The number of aliphatic carboxylic acids is 1. The lowest BCUT2D eigenvalue weighted by Gasteiger charge is -2.14. The summed E-state index contributed by atoms with van der Waals surface area (Å²) in [6.07, 6.45) is 0.818. The van der Waals surface area contributed by atoms with E-state index in [1.54, 1.807) is 0 Å². The van der Waals surface area contributed by atoms with Crippen molar-refractivity contribution in [3.63, 3.8) is 0 Å². The van der Waals surface area contributed by atoms with Crippen molar-refractivity contribution in [2.45, 2.75) is 18.9 Å². The summed E-state index contributed by atoms with van der Waals surface area (Å²) in [4.78, 5) is 22.4. The molecule has 5 heteroatoms. The maximum atomic E-state index is 10.8. The fourth-order valence-electron chi connectivity index (χ4n) is 1.09. The van der Waals surface area contributed by atoms with Gasteiger partial charge in [0.05, 0.1) is 0 Å². The van der Waals surface area contributed by atoms with Crippen molar-refractivity contribution in [3.8, 4) is 0 Å². The third-order valence-electron chi connectivity index (χ3n) is 1.78. The summed E-state index contributed by atoms with van der Waals surface area (Å²) < 4.78 is 0. The summed E-state index contributed by atoms with van der Waals surface area (Å²) >= 11 is 0. The van der Waals surface area contributed by atoms with Gasteiger partial charge in [0.25, 0.3) is 0 Å². The van der Waals surface area contributed by atoms with Gasteiger partial charge >= 0.3 is 5.97 Å². The topological polar surface area (TPSA) is 92.6 Å². The predicted molar refractivity (Wildman–Crippen MR) is 38.4 cm³/mol. The zero-order chi connectivity index (χ0) is 7.72. The molecule has 0 radical (unpaired) electrons. The van der Waals surface area contributed by atoms with E-state index in [0.717, 1.165) is 0 Å². The number of hydrogen-bond acceptors (Lipinski definition) is 3. The van der Waals surface area contributed by atoms with Gasteiger partial charge in [-0.15, -0.1) is 0 Å². The van der Waals surface area contributed by atoms with Crippen LogP contribution in [0.15, 0.2) is 0 Å². The highest BCUT2D eigenvalue weighted by Gasteiger charge is 2.32. The molecule has 0 aliphatic carbocycles. The Hall–Kier alpha value is -1.10. The average molecular weight is 160 g/mol. The molecule has 64 valence electrons. The quantitative estimate of drug-likeness (QED) is 0.558. The van der Waals surface area contributed by atoms with Crippen LogP contribution in [0.2, 0.25) is 0 Å². The molecule has 0 aromatic rings. The van der Waals surface area contributed by atoms with Gasteiger partial charge in [-0.2, -0.15) is 0 Å². The summed E-state index contributed by atoms with van der Waals surface area (Å²) in [6, 6.07) is -0.590. The normalized spacial score (nSPS) is 23.2. The van der Waals surface area contributed by atoms with Crippen LogP contribution in [0.3, 0.4) is 0 Å². The van der Waals surface area contributed by atoms with E-state index in [2.05, 4.69) is 0 Å². The molecule has 1 aliphatic rings. The summed E-state index contributed by atoms with van der Waals surface area (Å²) in [7, 11) is 1.52. The van der Waals surface area contributed by atoms with E-state index in [1.807, 2.05) is 0 Å². The third kappa shape index (κ3) is 1.68. The van der Waals surface area contributed by atoms with Crippen LogP contribution in [0.1, 0.15) is 12.8 Å². The Morgan fingerprint density at radius 3 is 2.45 bits per heavy atom. The molecule has 1 aliphatic heterocycles. The Kier molecular flexibility index (Phi) is 3.00. The molecule has 1 unspecified atom stereocenters. The number of carboxylic acids is 1. The van der Waals surface area contributed by atoms with E-state index in [-0.39, 0.29) is 12.1 Å². The minimum atomic E-state index is -0.909. The Bertz CT molecular complexity index is 181. The molecule has 1 heterocycles. The first-order valence-electron chi connectivity index (χ1n) is 3.11. The number of amides is 1. The first kappa shape index (κ1) is 9.90. The van der Waals surface area contributed by atoms with Crippen molar-refractivity contribution in [1.82, 2.24) is 11.1 Å². The third-order valence-corrected chi connectivity index (χ3v) is 1.78. The number of likely N-dealkylation sites (N-methyl/N-ethyl adjacent to an activating group) is 1. The maximum absolute atomic E-state index is 10.8. The molecule has 0 aromatic heterocycles. The predicted octanol–water partition coefficient (Wildman–Crippen LogP) is -0.146. The lowest BCUT2D eigenvalue weighted by atomic mass is 10.2. The molecule has 4 N–H and O–H groups in total. The number of hydrogen-bond donors (Lipinski definition) is 2.